The highest BCUT2D eigenvalue weighted by Gasteiger charge is 2.28. The van der Waals surface area contributed by atoms with E-state index in [9.17, 15) is 0 Å². The molecule has 0 bridgehead atoms. The number of rotatable bonds is 4. The largest absolute Gasteiger partial charge is 0.368 e. The molecule has 0 saturated carbocycles. The number of benzene rings is 1. The van der Waals surface area contributed by atoms with Gasteiger partial charge in [0.2, 0.25) is 0 Å². The molecule has 0 fully saturated rings. The molecule has 1 heterocycles. The van der Waals surface area contributed by atoms with Crippen molar-refractivity contribution in [1.29, 1.82) is 0 Å². The van der Waals surface area contributed by atoms with Crippen LogP contribution in [0, 0.1) is 0 Å². The van der Waals surface area contributed by atoms with E-state index in [1.165, 1.54) is 17.7 Å². The summed E-state index contributed by atoms with van der Waals surface area (Å²) in [6.07, 6.45) is 2.35. The van der Waals surface area contributed by atoms with Gasteiger partial charge in [-0.05, 0) is 44.9 Å². The first-order valence-electron chi connectivity index (χ1n) is 6.29. The van der Waals surface area contributed by atoms with Gasteiger partial charge in [-0.2, -0.15) is 0 Å². The molecule has 1 aromatic carbocycles. The standard InChI is InChI=1S/C14H22N2/c1-11(2)16-10-12(6-5-9-15)13-7-3-4-8-14(13)16/h3-4,7-8,11-12H,5-6,9-10,15H2,1-2H3. The van der Waals surface area contributed by atoms with Gasteiger partial charge in [-0.1, -0.05) is 18.2 Å². The minimum atomic E-state index is 0.587. The van der Waals surface area contributed by atoms with Gasteiger partial charge in [-0.15, -0.1) is 0 Å². The Bertz CT molecular complexity index is 346. The minimum absolute atomic E-state index is 0.587. The van der Waals surface area contributed by atoms with Crippen LogP contribution in [0.5, 0.6) is 0 Å². The second-order valence-corrected chi connectivity index (χ2v) is 4.93. The van der Waals surface area contributed by atoms with Gasteiger partial charge in [-0.25, -0.2) is 0 Å². The molecule has 0 radical (unpaired) electrons. The summed E-state index contributed by atoms with van der Waals surface area (Å²) in [5.41, 5.74) is 8.56. The summed E-state index contributed by atoms with van der Waals surface area (Å²) in [5.74, 6) is 0.683. The molecule has 0 spiro atoms. The van der Waals surface area contributed by atoms with Gasteiger partial charge in [0.15, 0.2) is 0 Å². The Morgan fingerprint density at radius 3 is 2.81 bits per heavy atom. The Kier molecular flexibility index (Phi) is 3.49. The van der Waals surface area contributed by atoms with E-state index in [0.717, 1.165) is 19.5 Å². The molecule has 1 aromatic rings. The lowest BCUT2D eigenvalue weighted by atomic mass is 9.96. The lowest BCUT2D eigenvalue weighted by molar-refractivity contribution is 0.588. The maximum absolute atomic E-state index is 5.61. The Hall–Kier alpha value is -1.02. The number of hydrogen-bond acceptors (Lipinski definition) is 2. The molecule has 16 heavy (non-hydrogen) atoms. The SMILES string of the molecule is CC(C)N1CC(CCCN)c2ccccc21. The van der Waals surface area contributed by atoms with Crippen LogP contribution in [-0.4, -0.2) is 19.1 Å². The van der Waals surface area contributed by atoms with Gasteiger partial charge in [-0.3, -0.25) is 0 Å². The molecule has 1 unspecified atom stereocenters. The maximum Gasteiger partial charge on any atom is 0.0404 e. The number of hydrogen-bond donors (Lipinski definition) is 1. The summed E-state index contributed by atoms with van der Waals surface area (Å²) in [6, 6.07) is 9.40. The molecule has 1 aliphatic heterocycles. The predicted molar refractivity (Wildman–Crippen MR) is 70.0 cm³/mol. The Labute approximate surface area is 98.4 Å². The van der Waals surface area contributed by atoms with Crippen LogP contribution >= 0.6 is 0 Å². The molecule has 0 aliphatic carbocycles. The van der Waals surface area contributed by atoms with Crippen molar-refractivity contribution in [2.75, 3.05) is 18.0 Å². The molecule has 1 atom stereocenters. The zero-order valence-corrected chi connectivity index (χ0v) is 10.3. The highest BCUT2D eigenvalue weighted by molar-refractivity contribution is 5.60. The average molecular weight is 218 g/mol. The number of para-hydroxylation sites is 1. The van der Waals surface area contributed by atoms with Crippen LogP contribution in [0.15, 0.2) is 24.3 Å². The van der Waals surface area contributed by atoms with Crippen molar-refractivity contribution in [1.82, 2.24) is 0 Å². The van der Waals surface area contributed by atoms with Gasteiger partial charge >= 0.3 is 0 Å². The topological polar surface area (TPSA) is 29.3 Å². The molecule has 2 N–H and O–H groups in total. The zero-order valence-electron chi connectivity index (χ0n) is 10.3. The smallest absolute Gasteiger partial charge is 0.0404 e. The quantitative estimate of drug-likeness (QED) is 0.842. The van der Waals surface area contributed by atoms with E-state index < -0.39 is 0 Å². The van der Waals surface area contributed by atoms with E-state index >= 15 is 0 Å². The monoisotopic (exact) mass is 218 g/mol. The fourth-order valence-electron chi connectivity index (χ4n) is 2.63. The van der Waals surface area contributed by atoms with Crippen molar-refractivity contribution in [2.24, 2.45) is 5.73 Å². The van der Waals surface area contributed by atoms with Crippen LogP contribution in [0.4, 0.5) is 5.69 Å². The third-order valence-electron chi connectivity index (χ3n) is 3.48. The van der Waals surface area contributed by atoms with Crippen LogP contribution < -0.4 is 10.6 Å². The number of fused-ring (bicyclic) bond motifs is 1. The van der Waals surface area contributed by atoms with Crippen molar-refractivity contribution in [2.45, 2.75) is 38.6 Å². The number of nitrogens with two attached hydrogens (primary N) is 1. The van der Waals surface area contributed by atoms with Gasteiger partial charge in [0.25, 0.3) is 0 Å². The second kappa shape index (κ2) is 4.88. The van der Waals surface area contributed by atoms with E-state index in [-0.39, 0.29) is 0 Å². The van der Waals surface area contributed by atoms with Crippen LogP contribution in [0.2, 0.25) is 0 Å². The molecule has 2 nitrogen and oxygen atoms in total. The van der Waals surface area contributed by atoms with Crippen LogP contribution in [0.3, 0.4) is 0 Å². The Morgan fingerprint density at radius 2 is 2.12 bits per heavy atom. The van der Waals surface area contributed by atoms with Gasteiger partial charge < -0.3 is 10.6 Å². The van der Waals surface area contributed by atoms with E-state index in [1.54, 1.807) is 0 Å². The van der Waals surface area contributed by atoms with Crippen LogP contribution in [0.1, 0.15) is 38.2 Å². The van der Waals surface area contributed by atoms with E-state index in [2.05, 4.69) is 43.0 Å². The van der Waals surface area contributed by atoms with Crippen LogP contribution in [-0.2, 0) is 0 Å². The van der Waals surface area contributed by atoms with Crippen molar-refractivity contribution < 1.29 is 0 Å². The van der Waals surface area contributed by atoms with Crippen molar-refractivity contribution in [3.8, 4) is 0 Å². The van der Waals surface area contributed by atoms with Gasteiger partial charge in [0, 0.05) is 24.2 Å². The summed E-state index contributed by atoms with van der Waals surface area (Å²) >= 11 is 0. The fraction of sp³-hybridized carbons (Fsp3) is 0.571. The van der Waals surface area contributed by atoms with Crippen molar-refractivity contribution in [3.63, 3.8) is 0 Å². The summed E-state index contributed by atoms with van der Waals surface area (Å²) < 4.78 is 0. The molecular weight excluding hydrogens is 196 g/mol. The van der Waals surface area contributed by atoms with E-state index in [1.807, 2.05) is 0 Å². The number of nitrogens with zero attached hydrogens (tertiary/aromatic N) is 1. The molecule has 88 valence electrons. The molecule has 2 rings (SSSR count). The normalized spacial score (nSPS) is 19.2. The first kappa shape index (κ1) is 11.5. The first-order chi connectivity index (χ1) is 7.74. The van der Waals surface area contributed by atoms with Gasteiger partial charge in [0.05, 0.1) is 0 Å². The summed E-state index contributed by atoms with van der Waals surface area (Å²) in [6.45, 7) is 6.50. The third-order valence-corrected chi connectivity index (χ3v) is 3.48. The zero-order chi connectivity index (χ0) is 11.5. The predicted octanol–water partition coefficient (Wildman–Crippen LogP) is 2.74. The highest BCUT2D eigenvalue weighted by atomic mass is 15.2. The average Bonchev–Trinajstić information content (AvgIpc) is 2.65. The lowest BCUT2D eigenvalue weighted by Crippen LogP contribution is -2.29. The lowest BCUT2D eigenvalue weighted by Gasteiger charge is -2.24. The molecule has 0 amide bonds. The summed E-state index contributed by atoms with van der Waals surface area (Å²) in [7, 11) is 0. The second-order valence-electron chi connectivity index (χ2n) is 4.93. The van der Waals surface area contributed by atoms with Crippen molar-refractivity contribution >= 4 is 5.69 Å². The summed E-state index contributed by atoms with van der Waals surface area (Å²) in [4.78, 5) is 2.51. The van der Waals surface area contributed by atoms with E-state index in [4.69, 9.17) is 5.73 Å². The molecule has 1 aliphatic rings. The first-order valence-corrected chi connectivity index (χ1v) is 6.29. The molecule has 0 saturated heterocycles. The summed E-state index contributed by atoms with van der Waals surface area (Å²) in [5, 5.41) is 0. The Balaban J connectivity index is 2.21. The Morgan fingerprint density at radius 1 is 1.38 bits per heavy atom. The van der Waals surface area contributed by atoms with E-state index in [0.29, 0.717) is 12.0 Å². The molecular formula is C14H22N2. The van der Waals surface area contributed by atoms with Crippen LogP contribution in [0.25, 0.3) is 0 Å². The third kappa shape index (κ3) is 2.07. The maximum atomic E-state index is 5.61. The minimum Gasteiger partial charge on any atom is -0.368 e. The molecule has 0 aromatic heterocycles. The number of anilines is 1. The highest BCUT2D eigenvalue weighted by Crippen LogP contribution is 2.39. The van der Waals surface area contributed by atoms with Gasteiger partial charge in [0.1, 0.15) is 0 Å². The fourth-order valence-corrected chi connectivity index (χ4v) is 2.63. The van der Waals surface area contributed by atoms with Crippen molar-refractivity contribution in [3.05, 3.63) is 29.8 Å². The molecule has 2 heteroatoms.